The number of aromatic nitrogens is 1. The van der Waals surface area contributed by atoms with Gasteiger partial charge in [0.2, 0.25) is 17.7 Å². The summed E-state index contributed by atoms with van der Waals surface area (Å²) in [4.78, 5) is 104. The van der Waals surface area contributed by atoms with Gasteiger partial charge in [0.15, 0.2) is 0 Å². The van der Waals surface area contributed by atoms with E-state index in [2.05, 4.69) is 14.9 Å². The maximum absolute atomic E-state index is 15.0. The molecule has 1 aromatic heterocycles. The van der Waals surface area contributed by atoms with Gasteiger partial charge >= 0.3 is 24.1 Å². The summed E-state index contributed by atoms with van der Waals surface area (Å²) in [6.07, 6.45) is -4.77. The summed E-state index contributed by atoms with van der Waals surface area (Å²) in [5, 5.41) is 37.5. The second-order valence-electron chi connectivity index (χ2n) is 16.0. The van der Waals surface area contributed by atoms with Crippen molar-refractivity contribution in [1.29, 1.82) is 0 Å². The number of rotatable bonds is 20. The first-order chi connectivity index (χ1) is 31.2. The van der Waals surface area contributed by atoms with Crippen molar-refractivity contribution in [2.24, 2.45) is 11.1 Å². The number of hydrogen-bond donors (Lipinski definition) is 8. The van der Waals surface area contributed by atoms with Gasteiger partial charge in [0, 0.05) is 54.2 Å². The van der Waals surface area contributed by atoms with Crippen LogP contribution in [0.15, 0.2) is 72.9 Å². The molecule has 0 saturated carbocycles. The number of amides is 5. The predicted octanol–water partition coefficient (Wildman–Crippen LogP) is -0.307. The third-order valence-electron chi connectivity index (χ3n) is 9.89. The van der Waals surface area contributed by atoms with E-state index in [0.29, 0.717) is 10.6 Å². The number of aliphatic hydroxyl groups excluding tert-OH is 2. The second kappa shape index (κ2) is 22.0. The first-order valence-electron chi connectivity index (χ1n) is 19.9. The molecule has 9 N–H and O–H groups in total. The molecule has 4 rings (SSSR count). The molecule has 1 aliphatic rings. The molecule has 0 bridgehead atoms. The van der Waals surface area contributed by atoms with Gasteiger partial charge in [0.1, 0.15) is 36.9 Å². The molecule has 5 atom stereocenters. The van der Waals surface area contributed by atoms with Crippen LogP contribution >= 0.6 is 0 Å². The molecule has 0 spiro atoms. The molecule has 2 heterocycles. The smallest absolute Gasteiger partial charge is 0.391 e. The maximum atomic E-state index is 15.0. The van der Waals surface area contributed by atoms with E-state index in [0.717, 1.165) is 35.9 Å². The minimum Gasteiger partial charge on any atom is -0.391 e. The van der Waals surface area contributed by atoms with Crippen molar-refractivity contribution in [2.75, 3.05) is 26.2 Å². The van der Waals surface area contributed by atoms with Crippen LogP contribution in [-0.2, 0) is 54.5 Å². The first-order valence-corrected chi connectivity index (χ1v) is 19.9. The average molecular weight is 952 g/mol. The van der Waals surface area contributed by atoms with E-state index in [1.54, 1.807) is 60.5 Å². The summed E-state index contributed by atoms with van der Waals surface area (Å²) in [5.74, 6) is -15.0. The number of hydroxylamine groups is 1. The molecule has 0 saturated heterocycles. The van der Waals surface area contributed by atoms with Crippen molar-refractivity contribution in [3.8, 4) is 11.1 Å². The Hall–Kier alpha value is -6.93. The van der Waals surface area contributed by atoms with E-state index >= 15 is 0 Å². The Kier molecular flexibility index (Phi) is 17.3. The quantitative estimate of drug-likeness (QED) is 0.0180. The zero-order valence-electron chi connectivity index (χ0n) is 35.8. The highest BCUT2D eigenvalue weighted by molar-refractivity contribution is 6.14. The van der Waals surface area contributed by atoms with Crippen LogP contribution in [0.25, 0.3) is 11.1 Å². The Labute approximate surface area is 377 Å². The molecular formula is C42H46F5N7O13. The van der Waals surface area contributed by atoms with Crippen LogP contribution in [0.2, 0.25) is 0 Å². The summed E-state index contributed by atoms with van der Waals surface area (Å²) in [6.45, 7) is 1.09. The molecule has 67 heavy (non-hydrogen) atoms. The fraction of sp³-hybridized carbons (Fsp3) is 0.381. The minimum atomic E-state index is -5.70. The van der Waals surface area contributed by atoms with Crippen molar-refractivity contribution < 1.29 is 85.2 Å². The molecule has 0 radical (unpaired) electrons. The summed E-state index contributed by atoms with van der Waals surface area (Å²) in [5.41, 5.74) is 4.78. The summed E-state index contributed by atoms with van der Waals surface area (Å²) >= 11 is 0. The molecule has 25 heteroatoms. The predicted molar refractivity (Wildman–Crippen MR) is 218 cm³/mol. The van der Waals surface area contributed by atoms with Crippen molar-refractivity contribution in [3.63, 3.8) is 0 Å². The zero-order valence-corrected chi connectivity index (χ0v) is 35.8. The van der Waals surface area contributed by atoms with Crippen LogP contribution in [0, 0.1) is 17.0 Å². The van der Waals surface area contributed by atoms with Gasteiger partial charge in [-0.3, -0.25) is 28.9 Å². The number of aliphatic hydroxyl groups is 3. The van der Waals surface area contributed by atoms with Gasteiger partial charge in [-0.25, -0.2) is 23.2 Å². The topological polar surface area (TPSA) is 298 Å². The number of esters is 2. The number of nitrogens with zero attached hydrogens (tertiary/aromatic N) is 2. The fourth-order valence-electron chi connectivity index (χ4n) is 6.51. The largest absolute Gasteiger partial charge is 0.491 e. The molecule has 1 aliphatic heterocycles. The fourth-order valence-corrected chi connectivity index (χ4v) is 6.51. The summed E-state index contributed by atoms with van der Waals surface area (Å²) in [7, 11) is 0. The number of halogens is 5. The molecule has 0 aliphatic carbocycles. The van der Waals surface area contributed by atoms with E-state index in [1.165, 1.54) is 6.07 Å². The Morgan fingerprint density at radius 1 is 0.896 bits per heavy atom. The van der Waals surface area contributed by atoms with Gasteiger partial charge in [0.05, 0.1) is 12.6 Å². The number of ether oxygens (including phenoxy) is 1. The number of carbonyl (C=O) groups excluding carboxylic acids is 8. The van der Waals surface area contributed by atoms with E-state index in [-0.39, 0.29) is 17.7 Å². The van der Waals surface area contributed by atoms with Gasteiger partial charge in [-0.2, -0.15) is 18.7 Å². The Morgan fingerprint density at radius 3 is 2.13 bits per heavy atom. The van der Waals surface area contributed by atoms with Crippen molar-refractivity contribution >= 4 is 47.4 Å². The lowest BCUT2D eigenvalue weighted by molar-refractivity contribution is -0.203. The van der Waals surface area contributed by atoms with Gasteiger partial charge in [0.25, 0.3) is 17.5 Å². The number of imide groups is 1. The van der Waals surface area contributed by atoms with Crippen molar-refractivity contribution in [2.45, 2.75) is 69.7 Å². The maximum Gasteiger partial charge on any atom is 0.491 e. The number of hydrogen-bond acceptors (Lipinski definition) is 15. The standard InChI is InChI=1S/C42H46F5N7O13/c1-40(2,3)33(29-15-23(25-16-24(43)9-10-26(25)44)19-53(29)18-22-7-5-4-6-8-22)34(59)36(61)49-14-13-27(48)35(60)51-28(37(62)66-39(64)42(45,46)47)17-50-67-38(63)41(65,21-55)52-30(56)20-54-31(57)11-12-32(54)58/h4-12,15-16,19,27-28,33-34,50,55,59,65H,13-14,17-18,20-21,48H2,1-3H3,(H,49,61)(H,51,60)(H,52,56)/t27-,28?,33+,34-,41?/m0/s1. The van der Waals surface area contributed by atoms with Crippen LogP contribution in [-0.4, -0.2) is 129 Å². The van der Waals surface area contributed by atoms with E-state index in [1.807, 2.05) is 17.4 Å². The Bertz CT molecular complexity index is 2370. The van der Waals surface area contributed by atoms with Crippen LogP contribution in [0.3, 0.4) is 0 Å². The number of carbonyl (C=O) groups is 8. The lowest BCUT2D eigenvalue weighted by Gasteiger charge is -2.35. The van der Waals surface area contributed by atoms with E-state index in [9.17, 15) is 75.6 Å². The number of benzene rings is 2. The SMILES string of the molecule is CC(C)(C)[C@H](c1cc(-c2cc(F)ccc2F)cn1Cc1ccccc1)[C@H](O)C(=O)NCC[C@H](N)C(=O)NC(CNOC(=O)C(O)(CO)NC(=O)CN1C(=O)C=CC1=O)C(=O)OC(=O)C(F)(F)F. The minimum absolute atomic E-state index is 0.0760. The molecule has 20 nitrogen and oxygen atoms in total. The Balaban J connectivity index is 1.43. The highest BCUT2D eigenvalue weighted by Gasteiger charge is 2.45. The van der Waals surface area contributed by atoms with Crippen molar-refractivity contribution in [3.05, 3.63) is 95.8 Å². The lowest BCUT2D eigenvalue weighted by atomic mass is 9.74. The van der Waals surface area contributed by atoms with Crippen LogP contribution in [0.1, 0.15) is 44.4 Å². The van der Waals surface area contributed by atoms with E-state index in [4.69, 9.17) is 5.73 Å². The molecule has 3 aromatic rings. The van der Waals surface area contributed by atoms with Gasteiger partial charge in [-0.05, 0) is 41.7 Å². The van der Waals surface area contributed by atoms with Gasteiger partial charge in [-0.15, -0.1) is 0 Å². The lowest BCUT2D eigenvalue weighted by Crippen LogP contribution is -2.61. The highest BCUT2D eigenvalue weighted by atomic mass is 19.4. The molecule has 362 valence electrons. The molecular weight excluding hydrogens is 905 g/mol. The van der Waals surface area contributed by atoms with Crippen LogP contribution < -0.4 is 27.2 Å². The van der Waals surface area contributed by atoms with Crippen LogP contribution in [0.4, 0.5) is 22.0 Å². The summed E-state index contributed by atoms with van der Waals surface area (Å²) < 4.78 is 73.4. The molecule has 5 amide bonds. The normalized spacial score (nSPS) is 15.5. The highest BCUT2D eigenvalue weighted by Crippen LogP contribution is 2.41. The third kappa shape index (κ3) is 14.0. The molecule has 0 fully saturated rings. The Morgan fingerprint density at radius 2 is 1.54 bits per heavy atom. The zero-order chi connectivity index (χ0) is 50.0. The van der Waals surface area contributed by atoms with Gasteiger partial charge in [-0.1, -0.05) is 51.1 Å². The molecule has 2 aromatic carbocycles. The number of alkyl halides is 3. The summed E-state index contributed by atoms with van der Waals surface area (Å²) in [6, 6.07) is 9.43. The monoisotopic (exact) mass is 951 g/mol. The molecule has 2 unspecified atom stereocenters. The third-order valence-corrected chi connectivity index (χ3v) is 9.89. The average Bonchev–Trinajstić information content (AvgIpc) is 3.80. The van der Waals surface area contributed by atoms with E-state index < -0.39 is 133 Å². The van der Waals surface area contributed by atoms with Crippen molar-refractivity contribution in [1.82, 2.24) is 30.9 Å². The number of nitrogens with two attached hydrogens (primary N) is 1. The second-order valence-corrected chi connectivity index (χ2v) is 16.0. The number of nitrogens with one attached hydrogen (secondary N) is 4. The van der Waals surface area contributed by atoms with Gasteiger partial charge < -0.3 is 51.1 Å². The first kappa shape index (κ1) is 52.7. The van der Waals surface area contributed by atoms with Crippen LogP contribution in [0.5, 0.6) is 0 Å².